The maximum absolute atomic E-state index is 5.95. The van der Waals surface area contributed by atoms with Crippen LogP contribution in [-0.4, -0.2) is 12.6 Å². The standard InChI is InChI=1S/C18H29NO/c1-4-5-6-10-15(3)19-17-12-8-13-20-18-14(2)9-7-11-16(17)18/h7,9,11,15,17,19H,4-6,8,10,12-13H2,1-3H3. The van der Waals surface area contributed by atoms with E-state index in [4.69, 9.17) is 4.74 Å². The van der Waals surface area contributed by atoms with Gasteiger partial charge in [-0.05, 0) is 38.7 Å². The third-order valence-electron chi connectivity index (χ3n) is 4.23. The van der Waals surface area contributed by atoms with Crippen molar-refractivity contribution in [3.8, 4) is 5.75 Å². The van der Waals surface area contributed by atoms with Gasteiger partial charge in [-0.1, -0.05) is 44.4 Å². The van der Waals surface area contributed by atoms with Crippen LogP contribution in [0.15, 0.2) is 18.2 Å². The first kappa shape index (κ1) is 15.4. The minimum Gasteiger partial charge on any atom is -0.493 e. The zero-order valence-corrected chi connectivity index (χ0v) is 13.2. The minimum atomic E-state index is 0.448. The molecule has 0 aromatic heterocycles. The van der Waals surface area contributed by atoms with Crippen LogP contribution < -0.4 is 10.1 Å². The van der Waals surface area contributed by atoms with Crippen LogP contribution in [0.1, 0.15) is 69.5 Å². The van der Waals surface area contributed by atoms with Crippen molar-refractivity contribution in [2.45, 2.75) is 71.4 Å². The van der Waals surface area contributed by atoms with Crippen molar-refractivity contribution in [1.82, 2.24) is 5.32 Å². The molecule has 0 aliphatic carbocycles. The molecular formula is C18H29NO. The quantitative estimate of drug-likeness (QED) is 0.755. The normalized spacial score (nSPS) is 19.9. The second kappa shape index (κ2) is 7.68. The predicted molar refractivity (Wildman–Crippen MR) is 85.4 cm³/mol. The van der Waals surface area contributed by atoms with E-state index >= 15 is 0 Å². The molecule has 1 aromatic rings. The van der Waals surface area contributed by atoms with E-state index in [0.717, 1.165) is 18.8 Å². The summed E-state index contributed by atoms with van der Waals surface area (Å²) in [6.07, 6.45) is 7.55. The van der Waals surface area contributed by atoms with E-state index in [-0.39, 0.29) is 0 Å². The van der Waals surface area contributed by atoms with E-state index in [2.05, 4.69) is 44.3 Å². The Labute approximate surface area is 123 Å². The number of unbranched alkanes of at least 4 members (excludes halogenated alkanes) is 2. The Morgan fingerprint density at radius 2 is 2.20 bits per heavy atom. The molecule has 1 N–H and O–H groups in total. The van der Waals surface area contributed by atoms with Crippen molar-refractivity contribution in [2.24, 2.45) is 0 Å². The van der Waals surface area contributed by atoms with Crippen LogP contribution in [0.3, 0.4) is 0 Å². The Bertz CT molecular complexity index is 416. The zero-order valence-electron chi connectivity index (χ0n) is 13.2. The molecule has 2 unspecified atom stereocenters. The molecule has 0 bridgehead atoms. The van der Waals surface area contributed by atoms with Gasteiger partial charge in [-0.25, -0.2) is 0 Å². The molecule has 0 fully saturated rings. The number of aryl methyl sites for hydroxylation is 1. The molecule has 112 valence electrons. The Kier molecular flexibility index (Phi) is 5.90. The summed E-state index contributed by atoms with van der Waals surface area (Å²) >= 11 is 0. The van der Waals surface area contributed by atoms with Gasteiger partial charge in [-0.3, -0.25) is 0 Å². The number of hydrogen-bond donors (Lipinski definition) is 1. The van der Waals surface area contributed by atoms with Gasteiger partial charge in [0.15, 0.2) is 0 Å². The Morgan fingerprint density at radius 3 is 3.00 bits per heavy atom. The molecule has 2 nitrogen and oxygen atoms in total. The van der Waals surface area contributed by atoms with Crippen LogP contribution in [0, 0.1) is 6.92 Å². The maximum atomic E-state index is 5.95. The molecule has 1 heterocycles. The molecule has 1 aliphatic rings. The zero-order chi connectivity index (χ0) is 14.4. The summed E-state index contributed by atoms with van der Waals surface area (Å²) in [5.74, 6) is 1.11. The van der Waals surface area contributed by atoms with Gasteiger partial charge in [0, 0.05) is 17.6 Å². The summed E-state index contributed by atoms with van der Waals surface area (Å²) in [5, 5.41) is 3.82. The van der Waals surface area contributed by atoms with E-state index in [1.54, 1.807) is 0 Å². The summed E-state index contributed by atoms with van der Waals surface area (Å²) < 4.78 is 5.95. The van der Waals surface area contributed by atoms with Crippen LogP contribution in [0.5, 0.6) is 5.75 Å². The fourth-order valence-corrected chi connectivity index (χ4v) is 3.06. The van der Waals surface area contributed by atoms with Crippen LogP contribution in [0.25, 0.3) is 0 Å². The summed E-state index contributed by atoms with van der Waals surface area (Å²) in [6.45, 7) is 7.57. The molecule has 0 amide bonds. The van der Waals surface area contributed by atoms with Crippen molar-refractivity contribution in [2.75, 3.05) is 6.61 Å². The molecule has 1 aromatic carbocycles. The topological polar surface area (TPSA) is 21.3 Å². The summed E-state index contributed by atoms with van der Waals surface area (Å²) in [7, 11) is 0. The highest BCUT2D eigenvalue weighted by Crippen LogP contribution is 2.34. The molecule has 0 saturated carbocycles. The average Bonchev–Trinajstić information content (AvgIpc) is 2.63. The van der Waals surface area contributed by atoms with E-state index in [1.165, 1.54) is 43.2 Å². The summed E-state index contributed by atoms with van der Waals surface area (Å²) in [4.78, 5) is 0. The number of ether oxygens (including phenoxy) is 1. The van der Waals surface area contributed by atoms with E-state index in [0.29, 0.717) is 12.1 Å². The lowest BCUT2D eigenvalue weighted by Gasteiger charge is -2.24. The molecule has 0 radical (unpaired) electrons. The molecule has 1 aliphatic heterocycles. The monoisotopic (exact) mass is 275 g/mol. The lowest BCUT2D eigenvalue weighted by molar-refractivity contribution is 0.312. The number of hydrogen-bond acceptors (Lipinski definition) is 2. The fourth-order valence-electron chi connectivity index (χ4n) is 3.06. The highest BCUT2D eigenvalue weighted by atomic mass is 16.5. The van der Waals surface area contributed by atoms with E-state index in [1.807, 2.05) is 0 Å². The first-order valence-corrected chi connectivity index (χ1v) is 8.20. The fraction of sp³-hybridized carbons (Fsp3) is 0.667. The van der Waals surface area contributed by atoms with Crippen molar-refractivity contribution >= 4 is 0 Å². The number of para-hydroxylation sites is 1. The van der Waals surface area contributed by atoms with Crippen molar-refractivity contribution in [1.29, 1.82) is 0 Å². The molecular weight excluding hydrogens is 246 g/mol. The van der Waals surface area contributed by atoms with Crippen LogP contribution in [-0.2, 0) is 0 Å². The molecule has 0 spiro atoms. The highest BCUT2D eigenvalue weighted by Gasteiger charge is 2.21. The molecule has 2 atom stereocenters. The summed E-state index contributed by atoms with van der Waals surface area (Å²) in [6, 6.07) is 7.55. The van der Waals surface area contributed by atoms with E-state index in [9.17, 15) is 0 Å². The van der Waals surface area contributed by atoms with Crippen LogP contribution >= 0.6 is 0 Å². The number of nitrogens with one attached hydrogen (secondary N) is 1. The smallest absolute Gasteiger partial charge is 0.126 e. The van der Waals surface area contributed by atoms with Crippen molar-refractivity contribution in [3.63, 3.8) is 0 Å². The average molecular weight is 275 g/mol. The van der Waals surface area contributed by atoms with Crippen molar-refractivity contribution < 1.29 is 4.74 Å². The SMILES string of the molecule is CCCCCC(C)NC1CCCOc2c(C)cccc21. The Balaban J connectivity index is 2.03. The third-order valence-corrected chi connectivity index (χ3v) is 4.23. The second-order valence-corrected chi connectivity index (χ2v) is 6.10. The predicted octanol–water partition coefficient (Wildman–Crippen LogP) is 4.77. The number of rotatable bonds is 6. The maximum Gasteiger partial charge on any atom is 0.126 e. The minimum absolute atomic E-state index is 0.448. The van der Waals surface area contributed by atoms with Crippen LogP contribution in [0.4, 0.5) is 0 Å². The van der Waals surface area contributed by atoms with Gasteiger partial charge in [-0.15, -0.1) is 0 Å². The molecule has 20 heavy (non-hydrogen) atoms. The third kappa shape index (κ3) is 3.99. The number of benzene rings is 1. The second-order valence-electron chi connectivity index (χ2n) is 6.10. The van der Waals surface area contributed by atoms with Gasteiger partial charge in [0.2, 0.25) is 0 Å². The van der Waals surface area contributed by atoms with Gasteiger partial charge in [0.25, 0.3) is 0 Å². The summed E-state index contributed by atoms with van der Waals surface area (Å²) in [5.41, 5.74) is 2.61. The van der Waals surface area contributed by atoms with E-state index < -0.39 is 0 Å². The Hall–Kier alpha value is -1.02. The van der Waals surface area contributed by atoms with Gasteiger partial charge in [0.1, 0.15) is 5.75 Å². The van der Waals surface area contributed by atoms with Crippen molar-refractivity contribution in [3.05, 3.63) is 29.3 Å². The first-order chi connectivity index (χ1) is 9.72. The first-order valence-electron chi connectivity index (χ1n) is 8.20. The largest absolute Gasteiger partial charge is 0.493 e. The highest BCUT2D eigenvalue weighted by molar-refractivity contribution is 5.43. The van der Waals surface area contributed by atoms with Gasteiger partial charge in [0.05, 0.1) is 6.61 Å². The van der Waals surface area contributed by atoms with Gasteiger partial charge < -0.3 is 10.1 Å². The lowest BCUT2D eigenvalue weighted by atomic mass is 9.98. The Morgan fingerprint density at radius 1 is 1.35 bits per heavy atom. The molecule has 2 heteroatoms. The van der Waals surface area contributed by atoms with Gasteiger partial charge in [-0.2, -0.15) is 0 Å². The lowest BCUT2D eigenvalue weighted by Crippen LogP contribution is -2.30. The number of fused-ring (bicyclic) bond motifs is 1. The molecule has 0 saturated heterocycles. The van der Waals surface area contributed by atoms with Crippen LogP contribution in [0.2, 0.25) is 0 Å². The van der Waals surface area contributed by atoms with Gasteiger partial charge >= 0.3 is 0 Å². The molecule has 2 rings (SSSR count).